The molecular formula is C14H20O4. The predicted octanol–water partition coefficient (Wildman–Crippen LogP) is 1.75. The summed E-state index contributed by atoms with van der Waals surface area (Å²) in [4.78, 5) is 0. The molecule has 0 radical (unpaired) electrons. The summed E-state index contributed by atoms with van der Waals surface area (Å²) < 4.78 is 15.7. The average Bonchev–Trinajstić information content (AvgIpc) is 3.19. The van der Waals surface area contributed by atoms with Gasteiger partial charge in [-0.3, -0.25) is 0 Å². The molecule has 1 saturated heterocycles. The summed E-state index contributed by atoms with van der Waals surface area (Å²) in [5, 5.41) is 9.65. The Kier molecular flexibility index (Phi) is 4.99. The van der Waals surface area contributed by atoms with Gasteiger partial charge in [-0.1, -0.05) is 12.1 Å². The van der Waals surface area contributed by atoms with E-state index in [0.29, 0.717) is 19.6 Å². The summed E-state index contributed by atoms with van der Waals surface area (Å²) in [6, 6.07) is 7.79. The van der Waals surface area contributed by atoms with Crippen LogP contribution in [0.4, 0.5) is 0 Å². The number of benzene rings is 1. The Labute approximate surface area is 107 Å². The van der Waals surface area contributed by atoms with E-state index in [4.69, 9.17) is 14.2 Å². The maximum absolute atomic E-state index is 9.65. The Balaban J connectivity index is 1.58. The minimum Gasteiger partial charge on any atom is -0.497 e. The van der Waals surface area contributed by atoms with E-state index < -0.39 is 0 Å². The Bertz CT molecular complexity index is 345. The van der Waals surface area contributed by atoms with Crippen molar-refractivity contribution in [1.82, 2.24) is 0 Å². The van der Waals surface area contributed by atoms with Gasteiger partial charge < -0.3 is 19.3 Å². The molecule has 2 atom stereocenters. The molecule has 0 saturated carbocycles. The molecule has 1 N–H and O–H groups in total. The molecule has 1 aromatic rings. The fourth-order valence-corrected chi connectivity index (χ4v) is 1.76. The summed E-state index contributed by atoms with van der Waals surface area (Å²) >= 11 is 0. The van der Waals surface area contributed by atoms with Gasteiger partial charge >= 0.3 is 0 Å². The lowest BCUT2D eigenvalue weighted by Gasteiger charge is -2.09. The fourth-order valence-electron chi connectivity index (χ4n) is 1.76. The van der Waals surface area contributed by atoms with Crippen molar-refractivity contribution in [3.05, 3.63) is 29.8 Å². The van der Waals surface area contributed by atoms with Crippen molar-refractivity contribution in [2.24, 2.45) is 0 Å². The van der Waals surface area contributed by atoms with Crippen LogP contribution >= 0.6 is 0 Å². The van der Waals surface area contributed by atoms with Gasteiger partial charge in [-0.2, -0.15) is 0 Å². The van der Waals surface area contributed by atoms with Crippen molar-refractivity contribution in [3.63, 3.8) is 0 Å². The maximum Gasteiger partial charge on any atom is 0.118 e. The van der Waals surface area contributed by atoms with Crippen LogP contribution < -0.4 is 4.74 Å². The number of aliphatic hydroxyl groups is 1. The molecule has 1 heterocycles. The molecule has 0 amide bonds. The molecule has 0 aliphatic carbocycles. The highest BCUT2D eigenvalue weighted by molar-refractivity contribution is 5.26. The summed E-state index contributed by atoms with van der Waals surface area (Å²) in [6.45, 7) is 1.93. The second kappa shape index (κ2) is 6.73. The third-order valence-electron chi connectivity index (χ3n) is 2.96. The number of rotatable bonds is 8. The summed E-state index contributed by atoms with van der Waals surface area (Å²) in [6.07, 6.45) is 1.36. The summed E-state index contributed by atoms with van der Waals surface area (Å²) in [5.74, 6) is 0.846. The van der Waals surface area contributed by atoms with Gasteiger partial charge in [0.05, 0.1) is 32.5 Å². The van der Waals surface area contributed by atoms with Crippen molar-refractivity contribution in [2.45, 2.75) is 31.7 Å². The summed E-state index contributed by atoms with van der Waals surface area (Å²) in [5.41, 5.74) is 1.11. The quantitative estimate of drug-likeness (QED) is 0.565. The molecule has 0 bridgehead atoms. The molecular weight excluding hydrogens is 232 g/mol. The zero-order chi connectivity index (χ0) is 12.8. The number of epoxide rings is 1. The number of ether oxygens (including phenoxy) is 3. The number of methoxy groups -OCH3 is 1. The van der Waals surface area contributed by atoms with Gasteiger partial charge in [-0.25, -0.2) is 0 Å². The second-order valence-corrected chi connectivity index (χ2v) is 4.53. The molecule has 2 rings (SSSR count). The number of hydrogen-bond acceptors (Lipinski definition) is 4. The standard InChI is InChI=1S/C14H20O4/c1-16-13-4-2-11(3-5-13)9-17-7-6-12(15)8-14-10-18-14/h2-5,12,14-15H,6-10H2,1H3/t12-,14-/m0/s1. The fraction of sp³-hybridized carbons (Fsp3) is 0.571. The highest BCUT2D eigenvalue weighted by Gasteiger charge is 2.25. The molecule has 0 unspecified atom stereocenters. The van der Waals surface area contributed by atoms with Crippen LogP contribution in [0.5, 0.6) is 5.75 Å². The van der Waals surface area contributed by atoms with Gasteiger partial charge in [-0.05, 0) is 24.1 Å². The van der Waals surface area contributed by atoms with Crippen molar-refractivity contribution < 1.29 is 19.3 Å². The lowest BCUT2D eigenvalue weighted by Crippen LogP contribution is -2.13. The van der Waals surface area contributed by atoms with E-state index >= 15 is 0 Å². The number of hydrogen-bond donors (Lipinski definition) is 1. The number of aliphatic hydroxyl groups excluding tert-OH is 1. The highest BCUT2D eigenvalue weighted by Crippen LogP contribution is 2.17. The van der Waals surface area contributed by atoms with E-state index in [1.165, 1.54) is 0 Å². The van der Waals surface area contributed by atoms with Crippen LogP contribution in [0, 0.1) is 0 Å². The van der Waals surface area contributed by atoms with Crippen LogP contribution in [0.15, 0.2) is 24.3 Å². The predicted molar refractivity (Wildman–Crippen MR) is 67.6 cm³/mol. The second-order valence-electron chi connectivity index (χ2n) is 4.53. The molecule has 1 fully saturated rings. The average molecular weight is 252 g/mol. The SMILES string of the molecule is COc1ccc(COCC[C@H](O)C[C@H]2CO2)cc1. The Morgan fingerprint density at radius 3 is 2.72 bits per heavy atom. The molecule has 0 aromatic heterocycles. The van der Waals surface area contributed by atoms with E-state index in [9.17, 15) is 5.11 Å². The third kappa shape index (κ3) is 4.64. The van der Waals surface area contributed by atoms with Gasteiger partial charge in [0.1, 0.15) is 5.75 Å². The van der Waals surface area contributed by atoms with Crippen LogP contribution in [0.1, 0.15) is 18.4 Å². The molecule has 0 spiro atoms. The van der Waals surface area contributed by atoms with Crippen molar-refractivity contribution in [1.29, 1.82) is 0 Å². The van der Waals surface area contributed by atoms with E-state index in [1.807, 2.05) is 24.3 Å². The molecule has 100 valence electrons. The minimum atomic E-state index is -0.312. The first-order chi connectivity index (χ1) is 8.78. The van der Waals surface area contributed by atoms with Crippen LogP contribution in [0.2, 0.25) is 0 Å². The zero-order valence-corrected chi connectivity index (χ0v) is 10.7. The minimum absolute atomic E-state index is 0.279. The normalized spacial score (nSPS) is 19.6. The Morgan fingerprint density at radius 1 is 1.39 bits per heavy atom. The lowest BCUT2D eigenvalue weighted by atomic mass is 10.1. The van der Waals surface area contributed by atoms with Crippen LogP contribution in [-0.4, -0.2) is 37.6 Å². The largest absolute Gasteiger partial charge is 0.497 e. The van der Waals surface area contributed by atoms with Crippen molar-refractivity contribution >= 4 is 0 Å². The molecule has 18 heavy (non-hydrogen) atoms. The molecule has 4 nitrogen and oxygen atoms in total. The topological polar surface area (TPSA) is 51.2 Å². The van der Waals surface area contributed by atoms with Crippen LogP contribution in [0.25, 0.3) is 0 Å². The van der Waals surface area contributed by atoms with Gasteiger partial charge in [0.15, 0.2) is 0 Å². The lowest BCUT2D eigenvalue weighted by molar-refractivity contribution is 0.0667. The molecule has 4 heteroatoms. The monoisotopic (exact) mass is 252 g/mol. The first-order valence-corrected chi connectivity index (χ1v) is 6.28. The molecule has 1 aromatic carbocycles. The zero-order valence-electron chi connectivity index (χ0n) is 10.7. The van der Waals surface area contributed by atoms with Gasteiger partial charge in [-0.15, -0.1) is 0 Å². The Morgan fingerprint density at radius 2 is 2.11 bits per heavy atom. The first-order valence-electron chi connectivity index (χ1n) is 6.28. The molecule has 1 aliphatic rings. The molecule has 1 aliphatic heterocycles. The van der Waals surface area contributed by atoms with Crippen molar-refractivity contribution in [3.8, 4) is 5.75 Å². The Hall–Kier alpha value is -1.10. The maximum atomic E-state index is 9.65. The van der Waals surface area contributed by atoms with Gasteiger partial charge in [0.25, 0.3) is 0 Å². The third-order valence-corrected chi connectivity index (χ3v) is 2.96. The highest BCUT2D eigenvalue weighted by atomic mass is 16.6. The van der Waals surface area contributed by atoms with E-state index in [0.717, 1.165) is 24.3 Å². The van der Waals surface area contributed by atoms with E-state index in [-0.39, 0.29) is 12.2 Å². The van der Waals surface area contributed by atoms with E-state index in [2.05, 4.69) is 0 Å². The van der Waals surface area contributed by atoms with Gasteiger partial charge in [0.2, 0.25) is 0 Å². The van der Waals surface area contributed by atoms with Crippen molar-refractivity contribution in [2.75, 3.05) is 20.3 Å². The van der Waals surface area contributed by atoms with Crippen LogP contribution in [0.3, 0.4) is 0 Å². The first kappa shape index (κ1) is 13.3. The van der Waals surface area contributed by atoms with Gasteiger partial charge in [0, 0.05) is 13.0 Å². The smallest absolute Gasteiger partial charge is 0.118 e. The summed E-state index contributed by atoms with van der Waals surface area (Å²) in [7, 11) is 1.65. The van der Waals surface area contributed by atoms with Crippen LogP contribution in [-0.2, 0) is 16.1 Å². The van der Waals surface area contributed by atoms with E-state index in [1.54, 1.807) is 7.11 Å².